The summed E-state index contributed by atoms with van der Waals surface area (Å²) < 4.78 is 0. The minimum Gasteiger partial charge on any atom is -0.355 e. The van der Waals surface area contributed by atoms with Gasteiger partial charge in [-0.2, -0.15) is 0 Å². The first kappa shape index (κ1) is 18.3. The highest BCUT2D eigenvalue weighted by Gasteiger charge is 2.02. The molecule has 140 valence electrons. The Kier molecular flexibility index (Phi) is 5.14. The average molecular weight is 391 g/mol. The number of nitrogens with zero attached hydrogens (tertiary/aromatic N) is 2. The Morgan fingerprint density at radius 1 is 0.607 bits per heavy atom. The fraction of sp³-hybridized carbons (Fsp3) is 0. The second-order valence-electron chi connectivity index (χ2n) is 6.23. The third-order valence-corrected chi connectivity index (χ3v) is 4.04. The molecule has 3 aromatic heterocycles. The lowest BCUT2D eigenvalue weighted by Crippen LogP contribution is -1.78. The fourth-order valence-corrected chi connectivity index (χ4v) is 2.94. The maximum absolute atomic E-state index is 7.45. The Hall–Kier alpha value is -3.09. The van der Waals surface area contributed by atoms with E-state index in [2.05, 4.69) is 55.8 Å². The highest BCUT2D eigenvalue weighted by atomic mass is 31.2. The van der Waals surface area contributed by atoms with Crippen molar-refractivity contribution in [2.24, 2.45) is 5.50 Å². The Balaban J connectivity index is 0.000000442. The third-order valence-electron chi connectivity index (χ3n) is 4.04. The molecule has 2 aliphatic rings. The van der Waals surface area contributed by atoms with Gasteiger partial charge in [0, 0.05) is 22.1 Å². The van der Waals surface area contributed by atoms with E-state index >= 15 is 0 Å². The quantitative estimate of drug-likeness (QED) is 0.257. The maximum atomic E-state index is 7.45. The summed E-state index contributed by atoms with van der Waals surface area (Å²) in [5.41, 5.74) is 12.1. The van der Waals surface area contributed by atoms with Gasteiger partial charge in [-0.3, -0.25) is 5.50 Å². The fourth-order valence-electron chi connectivity index (χ4n) is 2.94. The normalized spacial score (nSPS) is 12.1. The van der Waals surface area contributed by atoms with Crippen LogP contribution in [0, 0.1) is 0 Å². The van der Waals surface area contributed by atoms with E-state index in [-0.39, 0.29) is 0 Å². The molecule has 8 bridgehead atoms. The van der Waals surface area contributed by atoms with E-state index in [0.717, 1.165) is 44.8 Å². The highest BCUT2D eigenvalue weighted by molar-refractivity contribution is 7.42. The van der Waals surface area contributed by atoms with Crippen LogP contribution in [0.3, 0.4) is 0 Å². The van der Waals surface area contributed by atoms with Gasteiger partial charge in [0.25, 0.3) is 0 Å². The standard InChI is InChI=1S/C20H14N4.H4NO2P/c1-2-14-10-16-5-6-18(23-16)12-20-8-7-19(24-20)11-17-4-3-15(22-17)9-13(1)21-14;1-4(2)3/h1-12,21-22H;2-3H,1H2. The molecule has 2 aliphatic heterocycles. The largest absolute Gasteiger partial charge is 0.355 e. The third kappa shape index (κ3) is 4.60. The topological polar surface area (TPSA) is 124 Å². The first-order valence-electron chi connectivity index (χ1n) is 8.50. The number of fused-ring (bicyclic) bond motifs is 8. The second-order valence-corrected chi connectivity index (χ2v) is 6.87. The summed E-state index contributed by atoms with van der Waals surface area (Å²) in [5.74, 6) is 0. The first-order chi connectivity index (χ1) is 13.5. The summed E-state index contributed by atoms with van der Waals surface area (Å²) in [6, 6.07) is 16.4. The lowest BCUT2D eigenvalue weighted by atomic mass is 10.3. The summed E-state index contributed by atoms with van der Waals surface area (Å²) in [4.78, 5) is 30.9. The molecule has 0 saturated carbocycles. The molecule has 8 heteroatoms. The van der Waals surface area contributed by atoms with Crippen molar-refractivity contribution in [1.29, 1.82) is 0 Å². The van der Waals surface area contributed by atoms with Crippen LogP contribution in [0.4, 0.5) is 0 Å². The van der Waals surface area contributed by atoms with E-state index < -0.39 is 8.53 Å². The van der Waals surface area contributed by atoms with Crippen molar-refractivity contribution in [3.63, 3.8) is 0 Å². The van der Waals surface area contributed by atoms with Crippen LogP contribution in [0.5, 0.6) is 0 Å². The number of nitrogens with one attached hydrogen (secondary N) is 2. The average Bonchev–Trinajstić information content (AvgIpc) is 3.39. The zero-order chi connectivity index (χ0) is 19.5. The van der Waals surface area contributed by atoms with Crippen LogP contribution in [0.15, 0.2) is 48.5 Å². The predicted molar refractivity (Wildman–Crippen MR) is 114 cm³/mol. The molecule has 0 saturated heterocycles. The molecule has 0 radical (unpaired) electrons. The zero-order valence-corrected chi connectivity index (χ0v) is 15.6. The van der Waals surface area contributed by atoms with Gasteiger partial charge in [0.05, 0.1) is 22.8 Å². The molecule has 0 amide bonds. The molecule has 0 aromatic carbocycles. The van der Waals surface area contributed by atoms with Crippen molar-refractivity contribution in [3.05, 3.63) is 71.3 Å². The van der Waals surface area contributed by atoms with Crippen LogP contribution in [0.25, 0.3) is 46.4 Å². The molecule has 3 aromatic rings. The minimum absolute atomic E-state index is 0.915. The maximum Gasteiger partial charge on any atom is 0.247 e. The summed E-state index contributed by atoms with van der Waals surface area (Å²) in [7, 11) is -2.12. The molecule has 0 unspecified atom stereocenters. The molecule has 0 fully saturated rings. The van der Waals surface area contributed by atoms with Crippen molar-refractivity contribution in [3.8, 4) is 0 Å². The second kappa shape index (κ2) is 7.88. The van der Waals surface area contributed by atoms with E-state index in [1.807, 2.05) is 42.5 Å². The SMILES string of the molecule is C1=Cc2cc3ccc(cc4ccc(cc5nc(cc1n2)C=C5)[nH]4)[nH]3.NP(O)O. The molecule has 0 spiro atoms. The van der Waals surface area contributed by atoms with E-state index in [4.69, 9.17) is 9.79 Å². The predicted octanol–water partition coefficient (Wildman–Crippen LogP) is 3.81. The van der Waals surface area contributed by atoms with Gasteiger partial charge in [-0.25, -0.2) is 9.97 Å². The van der Waals surface area contributed by atoms with Crippen molar-refractivity contribution in [2.75, 3.05) is 0 Å². The smallest absolute Gasteiger partial charge is 0.247 e. The molecule has 6 N–H and O–H groups in total. The van der Waals surface area contributed by atoms with Crippen LogP contribution in [0.2, 0.25) is 0 Å². The number of rotatable bonds is 0. The van der Waals surface area contributed by atoms with Gasteiger partial charge in [-0.15, -0.1) is 0 Å². The number of hydrogen-bond donors (Lipinski definition) is 5. The van der Waals surface area contributed by atoms with Gasteiger partial charge < -0.3 is 19.8 Å². The monoisotopic (exact) mass is 391 g/mol. The van der Waals surface area contributed by atoms with Crippen LogP contribution in [-0.2, 0) is 0 Å². The van der Waals surface area contributed by atoms with E-state index in [1.165, 1.54) is 0 Å². The molecular formula is C20H18N5O2P. The lowest BCUT2D eigenvalue weighted by Gasteiger charge is -1.86. The molecule has 5 heterocycles. The van der Waals surface area contributed by atoms with Gasteiger partial charge in [-0.05, 0) is 72.8 Å². The zero-order valence-electron chi connectivity index (χ0n) is 14.7. The minimum atomic E-state index is -2.12. The summed E-state index contributed by atoms with van der Waals surface area (Å²) in [6.45, 7) is 0. The van der Waals surface area contributed by atoms with Crippen molar-refractivity contribution in [2.45, 2.75) is 0 Å². The van der Waals surface area contributed by atoms with Crippen LogP contribution in [-0.4, -0.2) is 29.7 Å². The van der Waals surface area contributed by atoms with E-state index in [9.17, 15) is 0 Å². The molecule has 0 atom stereocenters. The molecule has 0 aliphatic carbocycles. The summed E-state index contributed by atoms with van der Waals surface area (Å²) in [5, 5.41) is 0. The van der Waals surface area contributed by atoms with Gasteiger partial charge in [0.2, 0.25) is 8.53 Å². The Labute approximate surface area is 161 Å². The highest BCUT2D eigenvalue weighted by Crippen LogP contribution is 2.17. The number of hydrogen-bond acceptors (Lipinski definition) is 5. The summed E-state index contributed by atoms with van der Waals surface area (Å²) in [6.07, 6.45) is 8.05. The molecule has 5 rings (SSSR count). The first-order valence-corrected chi connectivity index (χ1v) is 9.82. The van der Waals surface area contributed by atoms with Crippen molar-refractivity contribution in [1.82, 2.24) is 19.9 Å². The van der Waals surface area contributed by atoms with Gasteiger partial charge in [0.1, 0.15) is 0 Å². The number of aromatic nitrogens is 4. The lowest BCUT2D eigenvalue weighted by molar-refractivity contribution is 0.485. The van der Waals surface area contributed by atoms with Crippen molar-refractivity contribution >= 4 is 54.9 Å². The number of aromatic amines is 2. The Bertz CT molecular complexity index is 1130. The van der Waals surface area contributed by atoms with Gasteiger partial charge in [0.15, 0.2) is 0 Å². The Morgan fingerprint density at radius 3 is 1.32 bits per heavy atom. The van der Waals surface area contributed by atoms with Gasteiger partial charge in [-0.1, -0.05) is 0 Å². The number of nitrogens with two attached hydrogens (primary N) is 1. The van der Waals surface area contributed by atoms with E-state index in [1.54, 1.807) is 0 Å². The van der Waals surface area contributed by atoms with Crippen molar-refractivity contribution < 1.29 is 9.79 Å². The van der Waals surface area contributed by atoms with Crippen LogP contribution in [0.1, 0.15) is 22.8 Å². The molecular weight excluding hydrogens is 373 g/mol. The van der Waals surface area contributed by atoms with E-state index in [0.29, 0.717) is 0 Å². The van der Waals surface area contributed by atoms with Crippen LogP contribution >= 0.6 is 8.53 Å². The molecule has 28 heavy (non-hydrogen) atoms. The Morgan fingerprint density at radius 2 is 0.929 bits per heavy atom. The van der Waals surface area contributed by atoms with Gasteiger partial charge >= 0.3 is 0 Å². The molecule has 7 nitrogen and oxygen atoms in total. The van der Waals surface area contributed by atoms with Crippen LogP contribution < -0.4 is 5.50 Å². The number of H-pyrrole nitrogens is 2. The summed E-state index contributed by atoms with van der Waals surface area (Å²) >= 11 is 0.